The summed E-state index contributed by atoms with van der Waals surface area (Å²) in [5.41, 5.74) is 0.892. The van der Waals surface area contributed by atoms with Crippen molar-refractivity contribution in [2.45, 2.75) is 26.4 Å². The predicted molar refractivity (Wildman–Crippen MR) is 58.6 cm³/mol. The number of carboxylic acid groups (broad SMARTS) is 1. The maximum atomic E-state index is 10.9. The Bertz CT molecular complexity index is 381. The molecule has 4 nitrogen and oxygen atoms in total. The highest BCUT2D eigenvalue weighted by atomic mass is 16.5. The van der Waals surface area contributed by atoms with Crippen molar-refractivity contribution in [1.29, 1.82) is 0 Å². The van der Waals surface area contributed by atoms with Gasteiger partial charge in [-0.25, -0.2) is 4.79 Å². The van der Waals surface area contributed by atoms with E-state index in [4.69, 9.17) is 9.84 Å². The molecule has 1 N–H and O–H groups in total. The average molecular weight is 222 g/mol. The fraction of sp³-hybridized carbons (Fsp3) is 0.333. The summed E-state index contributed by atoms with van der Waals surface area (Å²) in [6.07, 6.45) is -0.493. The Kier molecular flexibility index (Phi) is 4.05. The molecule has 0 fully saturated rings. The van der Waals surface area contributed by atoms with Crippen LogP contribution in [0.2, 0.25) is 0 Å². The van der Waals surface area contributed by atoms with Crippen LogP contribution in [0.4, 0.5) is 0 Å². The van der Waals surface area contributed by atoms with Crippen molar-refractivity contribution >= 4 is 11.8 Å². The Balaban J connectivity index is 2.64. The van der Waals surface area contributed by atoms with E-state index >= 15 is 0 Å². The highest BCUT2D eigenvalue weighted by Crippen LogP contribution is 2.14. The number of ketones is 1. The van der Waals surface area contributed by atoms with E-state index in [2.05, 4.69) is 0 Å². The van der Waals surface area contributed by atoms with Gasteiger partial charge in [0.25, 0.3) is 0 Å². The zero-order valence-electron chi connectivity index (χ0n) is 9.27. The molecule has 0 heterocycles. The van der Waals surface area contributed by atoms with Crippen molar-refractivity contribution in [3.05, 3.63) is 29.8 Å². The average Bonchev–Trinajstić information content (AvgIpc) is 2.20. The number of carbonyl (C=O) groups excluding carboxylic acids is 1. The molecule has 16 heavy (non-hydrogen) atoms. The quantitative estimate of drug-likeness (QED) is 0.823. The molecule has 1 rings (SSSR count). The molecule has 0 bridgehead atoms. The molecule has 0 amide bonds. The lowest BCUT2D eigenvalue weighted by atomic mass is 10.1. The highest BCUT2D eigenvalue weighted by Gasteiger charge is 2.11. The molecular formula is C12H14O4. The van der Waals surface area contributed by atoms with Crippen LogP contribution >= 0.6 is 0 Å². The molecule has 0 unspecified atom stereocenters. The van der Waals surface area contributed by atoms with Crippen LogP contribution in [-0.2, 0) is 16.0 Å². The number of hydrogen-bond donors (Lipinski definition) is 1. The first-order valence-corrected chi connectivity index (χ1v) is 4.97. The lowest BCUT2D eigenvalue weighted by Crippen LogP contribution is -2.22. The van der Waals surface area contributed by atoms with Crippen LogP contribution in [0.25, 0.3) is 0 Å². The molecule has 1 aromatic rings. The maximum absolute atomic E-state index is 10.9. The van der Waals surface area contributed by atoms with E-state index in [1.807, 2.05) is 0 Å². The largest absolute Gasteiger partial charge is 0.479 e. The Labute approximate surface area is 93.9 Å². The third kappa shape index (κ3) is 3.73. The number of Topliss-reactive ketones (excluding diaryl/α,β-unsaturated/α-hetero) is 1. The minimum atomic E-state index is -1.01. The highest BCUT2D eigenvalue weighted by molar-refractivity contribution is 5.78. The molecule has 1 aromatic carbocycles. The second-order valence-electron chi connectivity index (χ2n) is 3.62. The summed E-state index contributed by atoms with van der Waals surface area (Å²) in [5, 5.41) is 8.65. The minimum absolute atomic E-state index is 0.0903. The summed E-state index contributed by atoms with van der Waals surface area (Å²) in [5.74, 6) is -0.428. The van der Waals surface area contributed by atoms with E-state index in [0.717, 1.165) is 5.56 Å². The smallest absolute Gasteiger partial charge is 0.344 e. The van der Waals surface area contributed by atoms with E-state index < -0.39 is 12.1 Å². The van der Waals surface area contributed by atoms with Crippen LogP contribution in [-0.4, -0.2) is 23.0 Å². The number of benzene rings is 1. The van der Waals surface area contributed by atoms with Gasteiger partial charge >= 0.3 is 5.97 Å². The minimum Gasteiger partial charge on any atom is -0.479 e. The van der Waals surface area contributed by atoms with Crippen LogP contribution in [0.1, 0.15) is 19.4 Å². The van der Waals surface area contributed by atoms with Crippen LogP contribution in [0.3, 0.4) is 0 Å². The molecule has 0 aliphatic carbocycles. The van der Waals surface area contributed by atoms with E-state index in [9.17, 15) is 9.59 Å². The van der Waals surface area contributed by atoms with Gasteiger partial charge in [0.2, 0.25) is 0 Å². The van der Waals surface area contributed by atoms with E-state index in [1.165, 1.54) is 13.8 Å². The van der Waals surface area contributed by atoms with Crippen molar-refractivity contribution in [2.24, 2.45) is 0 Å². The first kappa shape index (κ1) is 12.2. The zero-order valence-corrected chi connectivity index (χ0v) is 9.27. The Morgan fingerprint density at radius 2 is 1.88 bits per heavy atom. The summed E-state index contributed by atoms with van der Waals surface area (Å²) < 4.78 is 5.15. The van der Waals surface area contributed by atoms with Crippen LogP contribution in [0.5, 0.6) is 5.75 Å². The topological polar surface area (TPSA) is 63.6 Å². The molecule has 86 valence electrons. The van der Waals surface area contributed by atoms with Gasteiger partial charge in [0.1, 0.15) is 11.5 Å². The van der Waals surface area contributed by atoms with Crippen LogP contribution in [0, 0.1) is 0 Å². The van der Waals surface area contributed by atoms with Gasteiger partial charge < -0.3 is 9.84 Å². The van der Waals surface area contributed by atoms with E-state index in [-0.39, 0.29) is 5.78 Å². The third-order valence-corrected chi connectivity index (χ3v) is 2.04. The molecule has 0 spiro atoms. The second kappa shape index (κ2) is 5.30. The van der Waals surface area contributed by atoms with Gasteiger partial charge in [-0.1, -0.05) is 12.1 Å². The van der Waals surface area contributed by atoms with Gasteiger partial charge in [0.05, 0.1) is 0 Å². The first-order chi connectivity index (χ1) is 7.49. The SMILES string of the molecule is CC(=O)Cc1ccc(O[C@@H](C)C(=O)O)cc1. The summed E-state index contributed by atoms with van der Waals surface area (Å²) in [7, 11) is 0. The Hall–Kier alpha value is -1.84. The third-order valence-electron chi connectivity index (χ3n) is 2.04. The predicted octanol–water partition coefficient (Wildman–Crippen LogP) is 1.67. The zero-order chi connectivity index (χ0) is 12.1. The molecule has 0 aliphatic rings. The van der Waals surface area contributed by atoms with Gasteiger partial charge in [0, 0.05) is 6.42 Å². The number of aliphatic carboxylic acids is 1. The van der Waals surface area contributed by atoms with Crippen molar-refractivity contribution in [3.63, 3.8) is 0 Å². The lowest BCUT2D eigenvalue weighted by Gasteiger charge is -2.10. The summed E-state index contributed by atoms with van der Waals surface area (Å²) >= 11 is 0. The molecular weight excluding hydrogens is 208 g/mol. The van der Waals surface area contributed by atoms with Gasteiger partial charge in [-0.3, -0.25) is 4.79 Å². The van der Waals surface area contributed by atoms with Gasteiger partial charge in [0.15, 0.2) is 6.10 Å². The molecule has 4 heteroatoms. The number of carbonyl (C=O) groups is 2. The molecule has 0 radical (unpaired) electrons. The van der Waals surface area contributed by atoms with Crippen LogP contribution in [0.15, 0.2) is 24.3 Å². The summed E-state index contributed by atoms with van der Waals surface area (Å²) in [6.45, 7) is 2.99. The van der Waals surface area contributed by atoms with Gasteiger partial charge in [-0.05, 0) is 31.5 Å². The molecule has 0 aliphatic heterocycles. The number of rotatable bonds is 5. The molecule has 0 saturated carbocycles. The van der Waals surface area contributed by atoms with E-state index in [1.54, 1.807) is 24.3 Å². The normalized spacial score (nSPS) is 11.9. The van der Waals surface area contributed by atoms with Crippen molar-refractivity contribution in [2.75, 3.05) is 0 Å². The van der Waals surface area contributed by atoms with Crippen molar-refractivity contribution in [1.82, 2.24) is 0 Å². The first-order valence-electron chi connectivity index (χ1n) is 4.97. The van der Waals surface area contributed by atoms with Crippen molar-refractivity contribution in [3.8, 4) is 5.75 Å². The van der Waals surface area contributed by atoms with Crippen molar-refractivity contribution < 1.29 is 19.4 Å². The van der Waals surface area contributed by atoms with Gasteiger partial charge in [-0.2, -0.15) is 0 Å². The summed E-state index contributed by atoms with van der Waals surface area (Å²) in [4.78, 5) is 21.4. The summed E-state index contributed by atoms with van der Waals surface area (Å²) in [6, 6.07) is 6.84. The number of hydrogen-bond acceptors (Lipinski definition) is 3. The van der Waals surface area contributed by atoms with Gasteiger partial charge in [-0.15, -0.1) is 0 Å². The Morgan fingerprint density at radius 3 is 2.31 bits per heavy atom. The Morgan fingerprint density at radius 1 is 1.31 bits per heavy atom. The maximum Gasteiger partial charge on any atom is 0.344 e. The van der Waals surface area contributed by atoms with E-state index in [0.29, 0.717) is 12.2 Å². The second-order valence-corrected chi connectivity index (χ2v) is 3.62. The fourth-order valence-corrected chi connectivity index (χ4v) is 1.23. The molecule has 0 aromatic heterocycles. The molecule has 1 atom stereocenters. The number of carboxylic acids is 1. The fourth-order valence-electron chi connectivity index (χ4n) is 1.23. The molecule has 0 saturated heterocycles. The van der Waals surface area contributed by atoms with Crippen LogP contribution < -0.4 is 4.74 Å². The standard InChI is InChI=1S/C12H14O4/c1-8(13)7-10-3-5-11(6-4-10)16-9(2)12(14)15/h3-6,9H,7H2,1-2H3,(H,14,15)/t9-/m0/s1. The number of ether oxygens (including phenoxy) is 1. The monoisotopic (exact) mass is 222 g/mol. The lowest BCUT2D eigenvalue weighted by molar-refractivity contribution is -0.144.